The molecule has 0 heterocycles. The van der Waals surface area contributed by atoms with Gasteiger partial charge in [-0.15, -0.1) is 11.6 Å². The highest BCUT2D eigenvalue weighted by atomic mass is 35.5. The van der Waals surface area contributed by atoms with E-state index in [0.717, 1.165) is 0 Å². The highest BCUT2D eigenvalue weighted by Crippen LogP contribution is 2.19. The Hall–Kier alpha value is -1.60. The zero-order valence-electron chi connectivity index (χ0n) is 8.59. The molecule has 0 amide bonds. The van der Waals surface area contributed by atoms with E-state index >= 15 is 0 Å². The molecule has 0 radical (unpaired) electrons. The molecule has 0 unspecified atom stereocenters. The number of ether oxygens (including phenoxy) is 1. The van der Waals surface area contributed by atoms with E-state index in [4.69, 9.17) is 21.6 Å². The Bertz CT molecular complexity index is 454. The summed E-state index contributed by atoms with van der Waals surface area (Å²) in [7, 11) is 0. The topological polar surface area (TPSA) is 50.1 Å². The molecule has 1 rings (SSSR count). The zero-order chi connectivity index (χ0) is 12.1. The van der Waals surface area contributed by atoms with Gasteiger partial charge in [-0.05, 0) is 13.0 Å². The average molecular weight is 242 g/mol. The maximum absolute atomic E-state index is 13.6. The first-order valence-corrected chi connectivity index (χ1v) is 5.13. The van der Waals surface area contributed by atoms with Gasteiger partial charge in [0, 0.05) is 5.56 Å². The summed E-state index contributed by atoms with van der Waals surface area (Å²) in [6.45, 7) is 1.80. The second-order valence-corrected chi connectivity index (χ2v) is 3.19. The third-order valence-corrected chi connectivity index (χ3v) is 2.26. The van der Waals surface area contributed by atoms with Gasteiger partial charge >= 0.3 is 5.97 Å². The number of nitrogens with zero attached hydrogens (tertiary/aromatic N) is 1. The lowest BCUT2D eigenvalue weighted by Crippen LogP contribution is -2.09. The SMILES string of the molecule is CCOC(=O)c1ccc(CCl)c(F)c1C#N. The number of alkyl halides is 1. The number of carbonyl (C=O) groups excluding carboxylic acids is 1. The minimum Gasteiger partial charge on any atom is -0.462 e. The van der Waals surface area contributed by atoms with Crippen molar-refractivity contribution >= 4 is 17.6 Å². The van der Waals surface area contributed by atoms with Gasteiger partial charge in [0.25, 0.3) is 0 Å². The van der Waals surface area contributed by atoms with Crippen LogP contribution in [0.4, 0.5) is 4.39 Å². The maximum Gasteiger partial charge on any atom is 0.339 e. The van der Waals surface area contributed by atoms with Crippen molar-refractivity contribution in [3.63, 3.8) is 0 Å². The highest BCUT2D eigenvalue weighted by Gasteiger charge is 2.18. The molecule has 0 saturated heterocycles. The predicted octanol–water partition coefficient (Wildman–Crippen LogP) is 2.61. The fourth-order valence-corrected chi connectivity index (χ4v) is 1.42. The van der Waals surface area contributed by atoms with E-state index in [9.17, 15) is 9.18 Å². The Balaban J connectivity index is 3.27. The lowest BCUT2D eigenvalue weighted by Gasteiger charge is -2.06. The first-order chi connectivity index (χ1) is 7.65. The average Bonchev–Trinajstić information content (AvgIpc) is 2.28. The standard InChI is InChI=1S/C11H9ClFNO2/c1-2-16-11(15)8-4-3-7(5-12)10(13)9(8)6-14/h3-4H,2,5H2,1H3. The third-order valence-electron chi connectivity index (χ3n) is 1.97. The summed E-state index contributed by atoms with van der Waals surface area (Å²) < 4.78 is 18.3. The number of esters is 1. The van der Waals surface area contributed by atoms with Crippen LogP contribution in [0.1, 0.15) is 28.4 Å². The molecule has 0 atom stereocenters. The minimum absolute atomic E-state index is 0.0520. The van der Waals surface area contributed by atoms with E-state index in [1.807, 2.05) is 0 Å². The molecule has 0 aliphatic carbocycles. The number of benzene rings is 1. The Morgan fingerprint density at radius 3 is 2.81 bits per heavy atom. The van der Waals surface area contributed by atoms with Crippen LogP contribution in [0.2, 0.25) is 0 Å². The molecule has 0 bridgehead atoms. The number of rotatable bonds is 3. The van der Waals surface area contributed by atoms with Crippen LogP contribution in [0.15, 0.2) is 12.1 Å². The minimum atomic E-state index is -0.761. The van der Waals surface area contributed by atoms with Crippen LogP contribution in [-0.2, 0) is 10.6 Å². The highest BCUT2D eigenvalue weighted by molar-refractivity contribution is 6.17. The molecule has 0 saturated carbocycles. The van der Waals surface area contributed by atoms with E-state index in [2.05, 4.69) is 0 Å². The van der Waals surface area contributed by atoms with E-state index in [1.54, 1.807) is 13.0 Å². The van der Waals surface area contributed by atoms with E-state index in [-0.39, 0.29) is 29.2 Å². The molecule has 0 N–H and O–H groups in total. The van der Waals surface area contributed by atoms with Gasteiger partial charge in [0.05, 0.1) is 18.1 Å². The van der Waals surface area contributed by atoms with Crippen LogP contribution in [0, 0.1) is 17.1 Å². The smallest absolute Gasteiger partial charge is 0.339 e. The molecule has 16 heavy (non-hydrogen) atoms. The van der Waals surface area contributed by atoms with Crippen molar-refractivity contribution in [1.82, 2.24) is 0 Å². The zero-order valence-corrected chi connectivity index (χ0v) is 9.34. The molecule has 0 aliphatic rings. The lowest BCUT2D eigenvalue weighted by atomic mass is 10.0. The number of halogens is 2. The van der Waals surface area contributed by atoms with Gasteiger partial charge < -0.3 is 4.74 Å². The van der Waals surface area contributed by atoms with Crippen LogP contribution < -0.4 is 0 Å². The molecule has 3 nitrogen and oxygen atoms in total. The molecular formula is C11H9ClFNO2. The Labute approximate surface area is 97.4 Å². The van der Waals surface area contributed by atoms with Gasteiger partial charge in [0.2, 0.25) is 0 Å². The van der Waals surface area contributed by atoms with Gasteiger partial charge in [0.1, 0.15) is 17.4 Å². The van der Waals surface area contributed by atoms with Crippen molar-refractivity contribution in [3.8, 4) is 6.07 Å². The van der Waals surface area contributed by atoms with Crippen molar-refractivity contribution in [2.75, 3.05) is 6.61 Å². The van der Waals surface area contributed by atoms with Gasteiger partial charge in [-0.2, -0.15) is 5.26 Å². The normalized spacial score (nSPS) is 9.62. The lowest BCUT2D eigenvalue weighted by molar-refractivity contribution is 0.0525. The fourth-order valence-electron chi connectivity index (χ4n) is 1.21. The number of carbonyl (C=O) groups is 1. The van der Waals surface area contributed by atoms with Crippen LogP contribution >= 0.6 is 11.6 Å². The van der Waals surface area contributed by atoms with Crippen LogP contribution in [0.3, 0.4) is 0 Å². The third kappa shape index (κ3) is 2.31. The summed E-state index contributed by atoms with van der Waals surface area (Å²) in [5.74, 6) is -1.52. The van der Waals surface area contributed by atoms with Crippen LogP contribution in [-0.4, -0.2) is 12.6 Å². The summed E-state index contributed by atoms with van der Waals surface area (Å²) in [5, 5.41) is 8.80. The van der Waals surface area contributed by atoms with Crippen molar-refractivity contribution in [2.45, 2.75) is 12.8 Å². The van der Waals surface area contributed by atoms with Crippen molar-refractivity contribution < 1.29 is 13.9 Å². The molecule has 0 fully saturated rings. The first-order valence-electron chi connectivity index (χ1n) is 4.60. The second-order valence-electron chi connectivity index (χ2n) is 2.93. The summed E-state index contributed by atoms with van der Waals surface area (Å²) in [6.07, 6.45) is 0. The van der Waals surface area contributed by atoms with E-state index in [0.29, 0.717) is 0 Å². The van der Waals surface area contributed by atoms with Gasteiger partial charge in [-0.25, -0.2) is 9.18 Å². The molecule has 84 valence electrons. The fraction of sp³-hybridized carbons (Fsp3) is 0.273. The van der Waals surface area contributed by atoms with Gasteiger partial charge in [-0.3, -0.25) is 0 Å². The molecular weight excluding hydrogens is 233 g/mol. The van der Waals surface area contributed by atoms with Gasteiger partial charge in [0.15, 0.2) is 0 Å². The molecule has 0 spiro atoms. The van der Waals surface area contributed by atoms with Crippen molar-refractivity contribution in [3.05, 3.63) is 34.6 Å². The largest absolute Gasteiger partial charge is 0.462 e. The molecule has 1 aromatic carbocycles. The second kappa shape index (κ2) is 5.47. The summed E-state index contributed by atoms with van der Waals surface area (Å²) in [5.41, 5.74) is -0.210. The summed E-state index contributed by atoms with van der Waals surface area (Å²) in [4.78, 5) is 11.4. The van der Waals surface area contributed by atoms with E-state index < -0.39 is 11.8 Å². The number of nitriles is 1. The molecule has 0 aliphatic heterocycles. The Kier molecular flexibility index (Phi) is 4.27. The molecule has 1 aromatic rings. The first kappa shape index (κ1) is 12.5. The number of hydrogen-bond acceptors (Lipinski definition) is 3. The van der Waals surface area contributed by atoms with Gasteiger partial charge in [-0.1, -0.05) is 6.07 Å². The Morgan fingerprint density at radius 2 is 2.31 bits per heavy atom. The predicted molar refractivity (Wildman–Crippen MR) is 56.6 cm³/mol. The summed E-state index contributed by atoms with van der Waals surface area (Å²) >= 11 is 5.49. The van der Waals surface area contributed by atoms with Crippen molar-refractivity contribution in [2.24, 2.45) is 0 Å². The summed E-state index contributed by atoms with van der Waals surface area (Å²) in [6, 6.07) is 4.36. The van der Waals surface area contributed by atoms with Crippen LogP contribution in [0.25, 0.3) is 0 Å². The van der Waals surface area contributed by atoms with E-state index in [1.165, 1.54) is 12.1 Å². The molecule has 5 heteroatoms. The Morgan fingerprint density at radius 1 is 1.62 bits per heavy atom. The maximum atomic E-state index is 13.6. The van der Waals surface area contributed by atoms with Crippen molar-refractivity contribution in [1.29, 1.82) is 5.26 Å². The van der Waals surface area contributed by atoms with Crippen LogP contribution in [0.5, 0.6) is 0 Å². The molecule has 0 aromatic heterocycles. The quantitative estimate of drug-likeness (QED) is 0.604. The monoisotopic (exact) mass is 241 g/mol. The number of hydrogen-bond donors (Lipinski definition) is 0.